The van der Waals surface area contributed by atoms with Gasteiger partial charge in [0.25, 0.3) is 5.91 Å². The number of nitrogens with zero attached hydrogens (tertiary/aromatic N) is 1. The van der Waals surface area contributed by atoms with Crippen LogP contribution in [-0.2, 0) is 6.42 Å². The topological polar surface area (TPSA) is 69.0 Å². The van der Waals surface area contributed by atoms with Crippen LogP contribution in [0.5, 0.6) is 11.5 Å². The van der Waals surface area contributed by atoms with E-state index in [1.54, 1.807) is 43.4 Å². The fourth-order valence-corrected chi connectivity index (χ4v) is 4.47. The molecule has 0 radical (unpaired) electrons. The second-order valence-electron chi connectivity index (χ2n) is 7.92. The Hall–Kier alpha value is -4.06. The fourth-order valence-electron chi connectivity index (χ4n) is 4.47. The molecule has 1 aromatic heterocycles. The van der Waals surface area contributed by atoms with Crippen molar-refractivity contribution in [2.75, 3.05) is 20.8 Å². The first kappa shape index (κ1) is 20.8. The van der Waals surface area contributed by atoms with Crippen LogP contribution in [0.4, 0.5) is 0 Å². The summed E-state index contributed by atoms with van der Waals surface area (Å²) in [5.74, 6) is 1.13. The van der Waals surface area contributed by atoms with Gasteiger partial charge in [-0.15, -0.1) is 0 Å². The molecular formula is C27H23NO5. The molecule has 0 saturated carbocycles. The van der Waals surface area contributed by atoms with Crippen LogP contribution >= 0.6 is 0 Å². The summed E-state index contributed by atoms with van der Waals surface area (Å²) in [5, 5.41) is 0.478. The summed E-state index contributed by atoms with van der Waals surface area (Å²) in [5.41, 5.74) is 2.52. The second-order valence-corrected chi connectivity index (χ2v) is 7.92. The molecule has 1 atom stereocenters. The fraction of sp³-hybridized carbons (Fsp3) is 0.185. The molecule has 3 aromatic carbocycles. The van der Waals surface area contributed by atoms with Gasteiger partial charge < -0.3 is 18.8 Å². The zero-order valence-electron chi connectivity index (χ0n) is 18.4. The molecule has 0 saturated heterocycles. The van der Waals surface area contributed by atoms with Crippen LogP contribution in [0.2, 0.25) is 0 Å². The maximum Gasteiger partial charge on any atom is 0.290 e. The molecule has 5 rings (SSSR count). The monoisotopic (exact) mass is 441 g/mol. The van der Waals surface area contributed by atoms with Gasteiger partial charge in [-0.05, 0) is 41.8 Å². The van der Waals surface area contributed by atoms with Crippen molar-refractivity contribution >= 4 is 16.9 Å². The molecule has 0 N–H and O–H groups in total. The Morgan fingerprint density at radius 2 is 1.61 bits per heavy atom. The van der Waals surface area contributed by atoms with Gasteiger partial charge in [0, 0.05) is 6.54 Å². The molecule has 0 unspecified atom stereocenters. The Morgan fingerprint density at radius 1 is 0.879 bits per heavy atom. The van der Waals surface area contributed by atoms with Crippen molar-refractivity contribution in [1.29, 1.82) is 0 Å². The maximum atomic E-state index is 13.5. The molecule has 166 valence electrons. The summed E-state index contributed by atoms with van der Waals surface area (Å²) in [6.45, 7) is 0.411. The number of carbonyl (C=O) groups excluding carboxylic acids is 1. The Morgan fingerprint density at radius 3 is 2.36 bits per heavy atom. The van der Waals surface area contributed by atoms with Crippen molar-refractivity contribution in [2.24, 2.45) is 0 Å². The zero-order valence-corrected chi connectivity index (χ0v) is 18.4. The lowest BCUT2D eigenvalue weighted by molar-refractivity contribution is 0.0730. The minimum Gasteiger partial charge on any atom is -0.493 e. The molecule has 4 aromatic rings. The van der Waals surface area contributed by atoms with Gasteiger partial charge in [0.2, 0.25) is 5.76 Å². The van der Waals surface area contributed by atoms with Gasteiger partial charge in [-0.25, -0.2) is 0 Å². The average Bonchev–Trinajstić information content (AvgIpc) is 3.14. The van der Waals surface area contributed by atoms with Crippen LogP contribution in [-0.4, -0.2) is 31.6 Å². The third-order valence-electron chi connectivity index (χ3n) is 6.08. The number of para-hydroxylation sites is 1. The van der Waals surface area contributed by atoms with Crippen molar-refractivity contribution in [2.45, 2.75) is 12.5 Å². The highest BCUT2D eigenvalue weighted by molar-refractivity contribution is 5.99. The third kappa shape index (κ3) is 3.53. The number of benzene rings is 3. The van der Waals surface area contributed by atoms with Crippen LogP contribution in [0.25, 0.3) is 11.0 Å². The van der Waals surface area contributed by atoms with Crippen molar-refractivity contribution < 1.29 is 18.7 Å². The quantitative estimate of drug-likeness (QED) is 0.438. The van der Waals surface area contributed by atoms with Crippen LogP contribution in [0.3, 0.4) is 0 Å². The molecule has 1 amide bonds. The van der Waals surface area contributed by atoms with Gasteiger partial charge in [0.05, 0.1) is 31.2 Å². The predicted molar refractivity (Wildman–Crippen MR) is 125 cm³/mol. The molecule has 6 nitrogen and oxygen atoms in total. The van der Waals surface area contributed by atoms with Gasteiger partial charge >= 0.3 is 0 Å². The van der Waals surface area contributed by atoms with E-state index >= 15 is 0 Å². The van der Waals surface area contributed by atoms with E-state index in [0.717, 1.165) is 11.1 Å². The lowest BCUT2D eigenvalue weighted by Crippen LogP contribution is -2.31. The Balaban J connectivity index is 1.56. The van der Waals surface area contributed by atoms with Crippen LogP contribution in [0, 0.1) is 0 Å². The number of hydrogen-bond donors (Lipinski definition) is 0. The minimum absolute atomic E-state index is 0.125. The van der Waals surface area contributed by atoms with E-state index in [0.29, 0.717) is 41.0 Å². The predicted octanol–water partition coefficient (Wildman–Crippen LogP) is 4.60. The summed E-state index contributed by atoms with van der Waals surface area (Å²) in [6.07, 6.45) is 0.580. The summed E-state index contributed by atoms with van der Waals surface area (Å²) in [6, 6.07) is 21.8. The van der Waals surface area contributed by atoms with E-state index in [-0.39, 0.29) is 17.1 Å². The Kier molecular flexibility index (Phi) is 5.34. The van der Waals surface area contributed by atoms with E-state index in [2.05, 4.69) is 0 Å². The van der Waals surface area contributed by atoms with Crippen molar-refractivity contribution in [3.63, 3.8) is 0 Å². The number of ether oxygens (including phenoxy) is 2. The van der Waals surface area contributed by atoms with E-state index in [9.17, 15) is 9.59 Å². The highest BCUT2D eigenvalue weighted by atomic mass is 16.5. The van der Waals surface area contributed by atoms with E-state index in [4.69, 9.17) is 13.9 Å². The Labute approximate surface area is 191 Å². The van der Waals surface area contributed by atoms with Gasteiger partial charge in [0.1, 0.15) is 5.58 Å². The lowest BCUT2D eigenvalue weighted by atomic mass is 9.98. The average molecular weight is 441 g/mol. The summed E-state index contributed by atoms with van der Waals surface area (Å²) in [4.78, 5) is 28.6. The van der Waals surface area contributed by atoms with E-state index < -0.39 is 6.04 Å². The SMILES string of the molecule is COc1ccc(CCN2C(=O)c3oc4ccccc4c(=O)c3[C@@H]2c2ccccc2)cc1OC. The first-order valence-corrected chi connectivity index (χ1v) is 10.7. The molecule has 1 aliphatic rings. The number of amides is 1. The van der Waals surface area contributed by atoms with E-state index in [1.807, 2.05) is 48.5 Å². The van der Waals surface area contributed by atoms with Crippen LogP contribution in [0.1, 0.15) is 33.3 Å². The number of rotatable bonds is 6. The van der Waals surface area contributed by atoms with E-state index in [1.165, 1.54) is 0 Å². The smallest absolute Gasteiger partial charge is 0.290 e. The first-order chi connectivity index (χ1) is 16.1. The molecule has 0 spiro atoms. The minimum atomic E-state index is -0.505. The van der Waals surface area contributed by atoms with Crippen molar-refractivity contribution in [3.8, 4) is 11.5 Å². The highest BCUT2D eigenvalue weighted by Gasteiger charge is 2.42. The summed E-state index contributed by atoms with van der Waals surface area (Å²) in [7, 11) is 3.19. The molecule has 33 heavy (non-hydrogen) atoms. The van der Waals surface area contributed by atoms with Gasteiger partial charge in [-0.1, -0.05) is 48.5 Å². The molecule has 0 fully saturated rings. The highest BCUT2D eigenvalue weighted by Crippen LogP contribution is 2.38. The standard InChI is InChI=1S/C27H23NO5/c1-31-21-13-12-17(16-22(21)32-2)14-15-28-24(18-8-4-3-5-9-18)23-25(29)19-10-6-7-11-20(19)33-26(23)27(28)30/h3-13,16,24H,14-15H2,1-2H3/t24-/m0/s1. The van der Waals surface area contributed by atoms with Crippen LogP contribution < -0.4 is 14.9 Å². The molecule has 2 heterocycles. The lowest BCUT2D eigenvalue weighted by Gasteiger charge is -2.25. The van der Waals surface area contributed by atoms with Crippen molar-refractivity contribution in [3.05, 3.63) is 105 Å². The molecular weight excluding hydrogens is 418 g/mol. The molecule has 0 bridgehead atoms. The normalized spacial score (nSPS) is 15.0. The van der Waals surface area contributed by atoms with Gasteiger partial charge in [-0.2, -0.15) is 0 Å². The summed E-state index contributed by atoms with van der Waals surface area (Å²) >= 11 is 0. The first-order valence-electron chi connectivity index (χ1n) is 10.7. The second kappa shape index (κ2) is 8.47. The molecule has 1 aliphatic heterocycles. The van der Waals surface area contributed by atoms with Gasteiger partial charge in [0.15, 0.2) is 16.9 Å². The third-order valence-corrected chi connectivity index (χ3v) is 6.08. The van der Waals surface area contributed by atoms with Gasteiger partial charge in [-0.3, -0.25) is 9.59 Å². The number of carbonyl (C=O) groups is 1. The zero-order chi connectivity index (χ0) is 22.9. The number of fused-ring (bicyclic) bond motifs is 2. The van der Waals surface area contributed by atoms with Crippen molar-refractivity contribution in [1.82, 2.24) is 4.90 Å². The molecule has 6 heteroatoms. The van der Waals surface area contributed by atoms with Crippen LogP contribution in [0.15, 0.2) is 82.0 Å². The summed E-state index contributed by atoms with van der Waals surface area (Å²) < 4.78 is 16.7. The Bertz CT molecular complexity index is 1390. The largest absolute Gasteiger partial charge is 0.493 e. The number of methoxy groups -OCH3 is 2. The maximum absolute atomic E-state index is 13.5. The number of hydrogen-bond acceptors (Lipinski definition) is 5. The molecule has 0 aliphatic carbocycles.